The number of aromatic carboxylic acids is 1. The van der Waals surface area contributed by atoms with Crippen molar-refractivity contribution in [1.82, 2.24) is 0 Å². The highest BCUT2D eigenvalue weighted by Crippen LogP contribution is 2.30. The third-order valence-electron chi connectivity index (χ3n) is 2.46. The first kappa shape index (κ1) is 10.1. The minimum absolute atomic E-state index is 0.187. The van der Waals surface area contributed by atoms with Crippen molar-refractivity contribution in [3.63, 3.8) is 0 Å². The number of fused-ring (bicyclic) bond motifs is 1. The second-order valence-corrected chi connectivity index (χ2v) is 3.85. The summed E-state index contributed by atoms with van der Waals surface area (Å²) < 4.78 is 5.42. The maximum Gasteiger partial charge on any atom is 0.336 e. The molecule has 0 aliphatic heterocycles. The van der Waals surface area contributed by atoms with Crippen LogP contribution in [0.1, 0.15) is 21.7 Å². The maximum absolute atomic E-state index is 11.0. The molecule has 1 N–H and O–H groups in total. The van der Waals surface area contributed by atoms with E-state index >= 15 is 0 Å². The van der Waals surface area contributed by atoms with Crippen molar-refractivity contribution in [3.05, 3.63) is 34.0 Å². The molecule has 78 valence electrons. The van der Waals surface area contributed by atoms with Gasteiger partial charge in [0.25, 0.3) is 0 Å². The van der Waals surface area contributed by atoms with Gasteiger partial charge in [-0.2, -0.15) is 0 Å². The van der Waals surface area contributed by atoms with Gasteiger partial charge >= 0.3 is 5.97 Å². The third kappa shape index (κ3) is 1.49. The third-order valence-corrected chi connectivity index (χ3v) is 2.68. The lowest BCUT2D eigenvalue weighted by molar-refractivity contribution is 0.0699. The van der Waals surface area contributed by atoms with Crippen LogP contribution in [-0.4, -0.2) is 11.1 Å². The van der Waals surface area contributed by atoms with Crippen LogP contribution in [0.3, 0.4) is 0 Å². The van der Waals surface area contributed by atoms with Crippen LogP contribution in [0, 0.1) is 13.8 Å². The van der Waals surface area contributed by atoms with Crippen LogP contribution < -0.4 is 0 Å². The molecule has 0 radical (unpaired) electrons. The highest BCUT2D eigenvalue weighted by Gasteiger charge is 2.16. The van der Waals surface area contributed by atoms with Gasteiger partial charge in [-0.05, 0) is 25.5 Å². The fourth-order valence-electron chi connectivity index (χ4n) is 1.64. The molecule has 0 atom stereocenters. The van der Waals surface area contributed by atoms with Crippen molar-refractivity contribution >= 4 is 28.5 Å². The van der Waals surface area contributed by atoms with E-state index in [2.05, 4.69) is 0 Å². The first-order valence-corrected chi connectivity index (χ1v) is 4.81. The fraction of sp³-hybridized carbons (Fsp3) is 0.182. The SMILES string of the molecule is Cc1oc2cc(Cl)cc(C(=O)O)c2c1C. The average molecular weight is 225 g/mol. The summed E-state index contributed by atoms with van der Waals surface area (Å²) in [6.45, 7) is 3.64. The van der Waals surface area contributed by atoms with Gasteiger partial charge in [-0.1, -0.05) is 11.6 Å². The van der Waals surface area contributed by atoms with E-state index in [9.17, 15) is 4.79 Å². The second kappa shape index (κ2) is 3.28. The molecule has 2 aromatic rings. The largest absolute Gasteiger partial charge is 0.478 e. The molecule has 0 saturated heterocycles. The van der Waals surface area contributed by atoms with E-state index in [1.165, 1.54) is 6.07 Å². The Morgan fingerprint density at radius 1 is 1.40 bits per heavy atom. The van der Waals surface area contributed by atoms with Crippen molar-refractivity contribution in [3.8, 4) is 0 Å². The Kier molecular flexibility index (Phi) is 2.20. The van der Waals surface area contributed by atoms with Crippen molar-refractivity contribution in [2.24, 2.45) is 0 Å². The number of carboxylic acids is 1. The minimum Gasteiger partial charge on any atom is -0.478 e. The lowest BCUT2D eigenvalue weighted by atomic mass is 10.1. The molecule has 0 amide bonds. The van der Waals surface area contributed by atoms with E-state index in [0.29, 0.717) is 16.0 Å². The molecule has 0 aliphatic rings. The summed E-state index contributed by atoms with van der Waals surface area (Å²) in [6.07, 6.45) is 0. The van der Waals surface area contributed by atoms with E-state index in [1.54, 1.807) is 13.0 Å². The predicted octanol–water partition coefficient (Wildman–Crippen LogP) is 3.40. The Bertz CT molecular complexity index is 554. The molecule has 0 aliphatic carbocycles. The number of furan rings is 1. The van der Waals surface area contributed by atoms with Gasteiger partial charge in [-0.15, -0.1) is 0 Å². The molecule has 0 fully saturated rings. The second-order valence-electron chi connectivity index (χ2n) is 3.41. The molecule has 1 aromatic carbocycles. The monoisotopic (exact) mass is 224 g/mol. The molecule has 0 unspecified atom stereocenters. The zero-order chi connectivity index (χ0) is 11.2. The minimum atomic E-state index is -0.994. The quantitative estimate of drug-likeness (QED) is 0.808. The highest BCUT2D eigenvalue weighted by atomic mass is 35.5. The van der Waals surface area contributed by atoms with E-state index in [4.69, 9.17) is 21.1 Å². The van der Waals surface area contributed by atoms with Gasteiger partial charge in [0.1, 0.15) is 11.3 Å². The van der Waals surface area contributed by atoms with Crippen LogP contribution >= 0.6 is 11.6 Å². The Balaban J connectivity index is 2.94. The van der Waals surface area contributed by atoms with Gasteiger partial charge in [-0.3, -0.25) is 0 Å². The van der Waals surface area contributed by atoms with Gasteiger partial charge < -0.3 is 9.52 Å². The number of hydrogen-bond acceptors (Lipinski definition) is 2. The molecule has 3 nitrogen and oxygen atoms in total. The van der Waals surface area contributed by atoms with Gasteiger partial charge in [0.2, 0.25) is 0 Å². The summed E-state index contributed by atoms with van der Waals surface area (Å²) in [7, 11) is 0. The van der Waals surface area contributed by atoms with Crippen molar-refractivity contribution in [2.45, 2.75) is 13.8 Å². The molecule has 1 heterocycles. The van der Waals surface area contributed by atoms with Gasteiger partial charge in [0.05, 0.1) is 5.56 Å². The number of benzene rings is 1. The van der Waals surface area contributed by atoms with Crippen LogP contribution in [0.2, 0.25) is 5.02 Å². The van der Waals surface area contributed by atoms with E-state index in [1.807, 2.05) is 6.92 Å². The Hall–Kier alpha value is -1.48. The summed E-state index contributed by atoms with van der Waals surface area (Å²) in [6, 6.07) is 3.07. The number of halogens is 1. The summed E-state index contributed by atoms with van der Waals surface area (Å²) in [5, 5.41) is 10.0. The molecular formula is C11H9ClO3. The van der Waals surface area contributed by atoms with Crippen molar-refractivity contribution in [1.29, 1.82) is 0 Å². The van der Waals surface area contributed by atoms with E-state index in [-0.39, 0.29) is 5.56 Å². The first-order chi connectivity index (χ1) is 7.00. The molecular weight excluding hydrogens is 216 g/mol. The zero-order valence-corrected chi connectivity index (χ0v) is 9.05. The van der Waals surface area contributed by atoms with Crippen molar-refractivity contribution in [2.75, 3.05) is 0 Å². The summed E-state index contributed by atoms with van der Waals surface area (Å²) in [4.78, 5) is 11.0. The summed E-state index contributed by atoms with van der Waals surface area (Å²) >= 11 is 5.81. The zero-order valence-electron chi connectivity index (χ0n) is 8.30. The predicted molar refractivity (Wildman–Crippen MR) is 57.7 cm³/mol. The van der Waals surface area contributed by atoms with Crippen molar-refractivity contribution < 1.29 is 14.3 Å². The van der Waals surface area contributed by atoms with Crippen LogP contribution in [0.25, 0.3) is 11.0 Å². The Labute approximate surface area is 91.3 Å². The molecule has 0 bridgehead atoms. The molecule has 2 rings (SSSR count). The van der Waals surface area contributed by atoms with Gasteiger partial charge in [0.15, 0.2) is 0 Å². The van der Waals surface area contributed by atoms with Gasteiger partial charge in [-0.25, -0.2) is 4.79 Å². The lowest BCUT2D eigenvalue weighted by Gasteiger charge is -1.98. The normalized spacial score (nSPS) is 10.9. The molecule has 0 spiro atoms. The van der Waals surface area contributed by atoms with E-state index < -0.39 is 5.97 Å². The standard InChI is InChI=1S/C11H9ClO3/c1-5-6(2)15-9-4-7(12)3-8(10(5)9)11(13)14/h3-4H,1-2H3,(H,13,14). The molecule has 1 aromatic heterocycles. The topological polar surface area (TPSA) is 50.4 Å². The Morgan fingerprint density at radius 2 is 2.07 bits per heavy atom. The summed E-state index contributed by atoms with van der Waals surface area (Å²) in [5.41, 5.74) is 1.56. The molecule has 15 heavy (non-hydrogen) atoms. The molecule has 0 saturated carbocycles. The van der Waals surface area contributed by atoms with E-state index in [0.717, 1.165) is 11.3 Å². The maximum atomic E-state index is 11.0. The number of carbonyl (C=O) groups is 1. The Morgan fingerprint density at radius 3 is 2.67 bits per heavy atom. The van der Waals surface area contributed by atoms with Crippen LogP contribution in [0.4, 0.5) is 0 Å². The summed E-state index contributed by atoms with van der Waals surface area (Å²) in [5.74, 6) is -0.277. The lowest BCUT2D eigenvalue weighted by Crippen LogP contribution is -1.97. The van der Waals surface area contributed by atoms with Crippen LogP contribution in [0.5, 0.6) is 0 Å². The number of rotatable bonds is 1. The smallest absolute Gasteiger partial charge is 0.336 e. The molecule has 4 heteroatoms. The highest BCUT2D eigenvalue weighted by molar-refractivity contribution is 6.32. The van der Waals surface area contributed by atoms with Gasteiger partial charge in [0, 0.05) is 16.5 Å². The van der Waals surface area contributed by atoms with Crippen LogP contribution in [0.15, 0.2) is 16.5 Å². The fourth-order valence-corrected chi connectivity index (χ4v) is 1.84. The van der Waals surface area contributed by atoms with Crippen LogP contribution in [-0.2, 0) is 0 Å². The number of aryl methyl sites for hydroxylation is 2. The average Bonchev–Trinajstić information content (AvgIpc) is 2.41. The number of carboxylic acid groups (broad SMARTS) is 1. The first-order valence-electron chi connectivity index (χ1n) is 4.43. The number of hydrogen-bond donors (Lipinski definition) is 1.